The highest BCUT2D eigenvalue weighted by molar-refractivity contribution is 7.90. The Morgan fingerprint density at radius 3 is 2.50 bits per heavy atom. The Labute approximate surface area is 119 Å². The van der Waals surface area contributed by atoms with E-state index in [0.29, 0.717) is 13.0 Å². The lowest BCUT2D eigenvalue weighted by Gasteiger charge is -2.17. The predicted molar refractivity (Wildman–Crippen MR) is 79.3 cm³/mol. The van der Waals surface area contributed by atoms with Gasteiger partial charge in [-0.2, -0.15) is 0 Å². The Morgan fingerprint density at radius 1 is 1.15 bits per heavy atom. The SMILES string of the molecule is CS(=O)(=O)CCCNC(c1ccccc1)c1ccco1. The van der Waals surface area contributed by atoms with E-state index in [1.54, 1.807) is 6.26 Å². The van der Waals surface area contributed by atoms with Crippen molar-refractivity contribution in [1.29, 1.82) is 0 Å². The van der Waals surface area contributed by atoms with E-state index in [1.165, 1.54) is 6.26 Å². The minimum Gasteiger partial charge on any atom is -0.467 e. The fourth-order valence-corrected chi connectivity index (χ4v) is 2.73. The fraction of sp³-hybridized carbons (Fsp3) is 0.333. The Bertz CT molecular complexity index is 606. The quantitative estimate of drug-likeness (QED) is 0.796. The molecule has 1 aromatic heterocycles. The average Bonchev–Trinajstić information content (AvgIpc) is 2.92. The van der Waals surface area contributed by atoms with Gasteiger partial charge in [-0.25, -0.2) is 8.42 Å². The van der Waals surface area contributed by atoms with Gasteiger partial charge in [0, 0.05) is 6.26 Å². The summed E-state index contributed by atoms with van der Waals surface area (Å²) in [6, 6.07) is 13.7. The highest BCUT2D eigenvalue weighted by Crippen LogP contribution is 2.22. The van der Waals surface area contributed by atoms with E-state index in [0.717, 1.165) is 11.3 Å². The number of benzene rings is 1. The van der Waals surface area contributed by atoms with Crippen molar-refractivity contribution < 1.29 is 12.8 Å². The van der Waals surface area contributed by atoms with E-state index in [1.807, 2.05) is 42.5 Å². The second-order valence-electron chi connectivity index (χ2n) is 4.80. The minimum absolute atomic E-state index is 0.0502. The average molecular weight is 293 g/mol. The summed E-state index contributed by atoms with van der Waals surface area (Å²) >= 11 is 0. The molecule has 1 unspecified atom stereocenters. The van der Waals surface area contributed by atoms with Crippen molar-refractivity contribution in [3.63, 3.8) is 0 Å². The molecule has 0 saturated heterocycles. The molecule has 1 aromatic carbocycles. The first-order chi connectivity index (χ1) is 9.56. The molecule has 1 atom stereocenters. The monoisotopic (exact) mass is 293 g/mol. The van der Waals surface area contributed by atoms with Gasteiger partial charge >= 0.3 is 0 Å². The molecule has 0 aliphatic carbocycles. The van der Waals surface area contributed by atoms with E-state index in [9.17, 15) is 8.42 Å². The molecule has 4 nitrogen and oxygen atoms in total. The third-order valence-corrected chi connectivity index (χ3v) is 4.03. The van der Waals surface area contributed by atoms with Gasteiger partial charge in [0.25, 0.3) is 0 Å². The third kappa shape index (κ3) is 4.51. The zero-order chi connectivity index (χ0) is 14.4. The van der Waals surface area contributed by atoms with Gasteiger partial charge in [0.1, 0.15) is 15.6 Å². The molecule has 1 N–H and O–H groups in total. The summed E-state index contributed by atoms with van der Waals surface area (Å²) in [5, 5.41) is 3.35. The number of hydrogen-bond donors (Lipinski definition) is 1. The van der Waals surface area contributed by atoms with Gasteiger partial charge in [-0.1, -0.05) is 30.3 Å². The Kier molecular flexibility index (Phi) is 4.98. The molecular formula is C15H19NO3S. The highest BCUT2D eigenvalue weighted by atomic mass is 32.2. The van der Waals surface area contributed by atoms with Gasteiger partial charge in [0.15, 0.2) is 0 Å². The number of sulfone groups is 1. The lowest BCUT2D eigenvalue weighted by molar-refractivity contribution is 0.446. The molecule has 0 aliphatic rings. The van der Waals surface area contributed by atoms with E-state index >= 15 is 0 Å². The van der Waals surface area contributed by atoms with Crippen molar-refractivity contribution in [1.82, 2.24) is 5.32 Å². The lowest BCUT2D eigenvalue weighted by atomic mass is 10.0. The summed E-state index contributed by atoms with van der Waals surface area (Å²) in [7, 11) is -2.90. The Hall–Kier alpha value is -1.59. The number of rotatable bonds is 7. The maximum atomic E-state index is 11.1. The molecule has 0 aliphatic heterocycles. The number of hydrogen-bond acceptors (Lipinski definition) is 4. The predicted octanol–water partition coefficient (Wildman–Crippen LogP) is 2.39. The Balaban J connectivity index is 2.02. The first kappa shape index (κ1) is 14.8. The maximum Gasteiger partial charge on any atom is 0.147 e. The van der Waals surface area contributed by atoms with Crippen molar-refractivity contribution in [3.05, 3.63) is 60.1 Å². The normalized spacial score (nSPS) is 13.2. The van der Waals surface area contributed by atoms with Crippen LogP contribution in [0.5, 0.6) is 0 Å². The van der Waals surface area contributed by atoms with Crippen LogP contribution < -0.4 is 5.32 Å². The van der Waals surface area contributed by atoms with Crippen LogP contribution in [0.15, 0.2) is 53.1 Å². The second kappa shape index (κ2) is 6.72. The Morgan fingerprint density at radius 2 is 1.90 bits per heavy atom. The number of furan rings is 1. The molecule has 0 saturated carbocycles. The van der Waals surface area contributed by atoms with Crippen molar-refractivity contribution in [3.8, 4) is 0 Å². The topological polar surface area (TPSA) is 59.3 Å². The number of nitrogens with one attached hydrogen (secondary N) is 1. The minimum atomic E-state index is -2.90. The van der Waals surface area contributed by atoms with Crippen LogP contribution in [-0.2, 0) is 9.84 Å². The summed E-state index contributed by atoms with van der Waals surface area (Å²) in [6.07, 6.45) is 3.49. The molecule has 20 heavy (non-hydrogen) atoms. The third-order valence-electron chi connectivity index (χ3n) is 3.00. The van der Waals surface area contributed by atoms with Crippen molar-refractivity contribution in [2.24, 2.45) is 0 Å². The summed E-state index contributed by atoms with van der Waals surface area (Å²) < 4.78 is 27.7. The summed E-state index contributed by atoms with van der Waals surface area (Å²) in [6.45, 7) is 0.618. The van der Waals surface area contributed by atoms with Crippen LogP contribution in [0.2, 0.25) is 0 Å². The molecule has 5 heteroatoms. The van der Waals surface area contributed by atoms with Gasteiger partial charge in [0.2, 0.25) is 0 Å². The van der Waals surface area contributed by atoms with Crippen molar-refractivity contribution in [2.45, 2.75) is 12.5 Å². The van der Waals surface area contributed by atoms with E-state index < -0.39 is 9.84 Å². The van der Waals surface area contributed by atoms with Crippen molar-refractivity contribution >= 4 is 9.84 Å². The molecule has 0 amide bonds. The molecule has 2 aromatic rings. The smallest absolute Gasteiger partial charge is 0.147 e. The molecule has 1 heterocycles. The van der Waals surface area contributed by atoms with Crippen molar-refractivity contribution in [2.75, 3.05) is 18.6 Å². The lowest BCUT2D eigenvalue weighted by Crippen LogP contribution is -2.24. The van der Waals surface area contributed by atoms with Crippen LogP contribution in [0.3, 0.4) is 0 Å². The summed E-state index contributed by atoms with van der Waals surface area (Å²) in [4.78, 5) is 0. The molecule has 0 bridgehead atoms. The highest BCUT2D eigenvalue weighted by Gasteiger charge is 2.15. The van der Waals surface area contributed by atoms with Gasteiger partial charge < -0.3 is 9.73 Å². The van der Waals surface area contributed by atoms with Gasteiger partial charge in [-0.3, -0.25) is 0 Å². The van der Waals surface area contributed by atoms with Gasteiger partial charge in [-0.15, -0.1) is 0 Å². The summed E-state index contributed by atoms with van der Waals surface area (Å²) in [5.41, 5.74) is 1.10. The van der Waals surface area contributed by atoms with Crippen LogP contribution in [0.25, 0.3) is 0 Å². The molecule has 0 fully saturated rings. The van der Waals surface area contributed by atoms with Crippen LogP contribution in [-0.4, -0.2) is 27.0 Å². The standard InChI is InChI=1S/C15H19NO3S/c1-20(17,18)12-6-10-16-15(14-9-5-11-19-14)13-7-3-2-4-8-13/h2-5,7-9,11,15-16H,6,10,12H2,1H3. The largest absolute Gasteiger partial charge is 0.467 e. The van der Waals surface area contributed by atoms with Gasteiger partial charge in [0.05, 0.1) is 18.1 Å². The molecule has 0 radical (unpaired) electrons. The second-order valence-corrected chi connectivity index (χ2v) is 7.06. The molecular weight excluding hydrogens is 274 g/mol. The van der Waals surface area contributed by atoms with E-state index in [-0.39, 0.29) is 11.8 Å². The first-order valence-corrected chi connectivity index (χ1v) is 8.62. The molecule has 2 rings (SSSR count). The van der Waals surface area contributed by atoms with Crippen LogP contribution in [0.1, 0.15) is 23.8 Å². The fourth-order valence-electron chi connectivity index (χ4n) is 2.06. The zero-order valence-corrected chi connectivity index (χ0v) is 12.3. The van der Waals surface area contributed by atoms with E-state index in [4.69, 9.17) is 4.42 Å². The first-order valence-electron chi connectivity index (χ1n) is 6.56. The summed E-state index contributed by atoms with van der Waals surface area (Å²) in [5.74, 6) is 1.02. The van der Waals surface area contributed by atoms with Crippen LogP contribution >= 0.6 is 0 Å². The van der Waals surface area contributed by atoms with Crippen LogP contribution in [0.4, 0.5) is 0 Å². The zero-order valence-electron chi connectivity index (χ0n) is 11.5. The molecule has 0 spiro atoms. The maximum absolute atomic E-state index is 11.1. The van der Waals surface area contributed by atoms with Crippen LogP contribution in [0, 0.1) is 0 Å². The molecule has 108 valence electrons. The van der Waals surface area contributed by atoms with E-state index in [2.05, 4.69) is 5.32 Å². The van der Waals surface area contributed by atoms with Gasteiger partial charge in [-0.05, 0) is 30.7 Å².